The molecule has 0 fully saturated rings. The zero-order valence-electron chi connectivity index (χ0n) is 65.4. The van der Waals surface area contributed by atoms with E-state index in [-0.39, 0.29) is 0 Å². The van der Waals surface area contributed by atoms with Crippen molar-refractivity contribution in [3.63, 3.8) is 0 Å². The van der Waals surface area contributed by atoms with Crippen LogP contribution in [0.5, 0.6) is 17.2 Å². The maximum absolute atomic E-state index is 6.62. The molecule has 3 heteroatoms. The average molecular weight is 1320 g/mol. The second kappa shape index (κ2) is 80.6. The Bertz CT molecular complexity index is 1440. The maximum atomic E-state index is 6.62. The van der Waals surface area contributed by atoms with Crippen LogP contribution in [0.25, 0.3) is 0 Å². The molecule has 0 atom stereocenters. The largest absolute Gasteiger partial charge is 0.490 e. The normalized spacial score (nSPS) is 11.7. The van der Waals surface area contributed by atoms with Crippen molar-refractivity contribution in [2.24, 2.45) is 0 Å². The lowest BCUT2D eigenvalue weighted by atomic mass is 10.0. The highest BCUT2D eigenvalue weighted by Crippen LogP contribution is 2.40. The Morgan fingerprint density at radius 1 is 0.170 bits per heavy atom. The van der Waals surface area contributed by atoms with Gasteiger partial charge in [0.15, 0.2) is 11.5 Å². The van der Waals surface area contributed by atoms with Crippen LogP contribution < -0.4 is 14.2 Å². The summed E-state index contributed by atoms with van der Waals surface area (Å²) >= 11 is 0. The summed E-state index contributed by atoms with van der Waals surface area (Å²) in [7, 11) is 0. The average Bonchev–Trinajstić information content (AvgIpc) is 1.61. The Hall–Kier alpha value is -1.38. The van der Waals surface area contributed by atoms with E-state index in [1.165, 1.54) is 482 Å². The summed E-state index contributed by atoms with van der Waals surface area (Å²) in [6, 6.07) is 4.18. The molecule has 0 aromatic heterocycles. The second-order valence-electron chi connectivity index (χ2n) is 31.0. The lowest BCUT2D eigenvalue weighted by molar-refractivity contribution is 0.234. The minimum atomic E-state index is 0.724. The Morgan fingerprint density at radius 2 is 0.287 bits per heavy atom. The summed E-state index contributed by atoms with van der Waals surface area (Å²) in [5.41, 5.74) is 0.951. The van der Waals surface area contributed by atoms with E-state index in [2.05, 4.69) is 39.8 Å². The lowest BCUT2D eigenvalue weighted by Gasteiger charge is -2.18. The number of ether oxygens (including phenoxy) is 3. The summed E-state index contributed by atoms with van der Waals surface area (Å²) in [5, 5.41) is 0. The highest BCUT2D eigenvalue weighted by atomic mass is 16.5. The van der Waals surface area contributed by atoms with E-state index in [1.807, 2.05) is 0 Å². The Kier molecular flexibility index (Phi) is 77.7. The van der Waals surface area contributed by atoms with E-state index in [0.29, 0.717) is 0 Å². The molecule has 0 unspecified atom stereocenters. The van der Waals surface area contributed by atoms with Gasteiger partial charge in [0, 0.05) is 0 Å². The second-order valence-corrected chi connectivity index (χ2v) is 31.0. The van der Waals surface area contributed by atoms with Gasteiger partial charge in [0.2, 0.25) is 5.75 Å². The predicted octanol–water partition coefficient (Wildman–Crippen LogP) is 33.5. The topological polar surface area (TPSA) is 27.7 Å². The van der Waals surface area contributed by atoms with Crippen LogP contribution >= 0.6 is 0 Å². The molecule has 0 bridgehead atoms. The SMILES string of the molecule is [CH2]c1cc(OCCCCCCCCCCCCCCCCCCCCCCCCCCCC)c(OCCCCCCCCCCCCCCCCCCCCCCCCCCCC)c(OCCCCCCCCCCCCCCCCCCCCCCCCCCCC)c1. The zero-order chi connectivity index (χ0) is 67.1. The van der Waals surface area contributed by atoms with E-state index < -0.39 is 0 Å². The molecule has 0 amide bonds. The third-order valence-electron chi connectivity index (χ3n) is 21.3. The standard InChI is InChI=1S/C91H175O3/c1-5-8-11-14-17-20-23-26-29-32-35-38-41-44-47-50-53-56-59-62-65-68-71-74-77-80-83-92-89-86-88(4)87-90(93-84-81-78-75-72-69-66-63-60-57-54-51-48-45-42-39-36-33-30-27-24-21-18-15-12-9-6-2)91(89)94-85-82-79-76-73-70-67-64-61-58-55-52-49-46-43-40-37-34-31-28-25-22-19-16-13-10-7-3/h86-87H,4-85H2,1-3H3. The summed E-state index contributed by atoms with van der Waals surface area (Å²) < 4.78 is 19.7. The number of hydrogen-bond donors (Lipinski definition) is 0. The van der Waals surface area contributed by atoms with E-state index in [9.17, 15) is 0 Å². The third-order valence-corrected chi connectivity index (χ3v) is 21.3. The molecule has 1 aromatic rings. The first-order chi connectivity index (χ1) is 46.7. The van der Waals surface area contributed by atoms with Gasteiger partial charge in [-0.05, 0) is 43.9 Å². The third kappa shape index (κ3) is 70.5. The van der Waals surface area contributed by atoms with Gasteiger partial charge in [0.1, 0.15) is 0 Å². The highest BCUT2D eigenvalue weighted by molar-refractivity contribution is 5.54. The molecule has 3 nitrogen and oxygen atoms in total. The van der Waals surface area contributed by atoms with Gasteiger partial charge in [0.25, 0.3) is 0 Å². The van der Waals surface area contributed by atoms with Crippen LogP contribution in [0.15, 0.2) is 12.1 Å². The van der Waals surface area contributed by atoms with Crippen molar-refractivity contribution in [1.29, 1.82) is 0 Å². The number of unbranched alkanes of at least 4 members (excludes halogenated alkanes) is 75. The molecule has 0 N–H and O–H groups in total. The molecule has 0 saturated heterocycles. The van der Waals surface area contributed by atoms with Crippen LogP contribution in [0.3, 0.4) is 0 Å². The summed E-state index contributed by atoms with van der Waals surface area (Å²) in [4.78, 5) is 0. The van der Waals surface area contributed by atoms with Gasteiger partial charge in [-0.3, -0.25) is 0 Å². The fraction of sp³-hybridized carbons (Fsp3) is 0.923. The molecule has 0 aliphatic carbocycles. The molecule has 0 spiro atoms. The van der Waals surface area contributed by atoms with Gasteiger partial charge >= 0.3 is 0 Å². The van der Waals surface area contributed by atoms with E-state index in [4.69, 9.17) is 14.2 Å². The van der Waals surface area contributed by atoms with Gasteiger partial charge in [0.05, 0.1) is 19.8 Å². The Balaban J connectivity index is 2.26. The lowest BCUT2D eigenvalue weighted by Crippen LogP contribution is -2.06. The maximum Gasteiger partial charge on any atom is 0.203 e. The summed E-state index contributed by atoms with van der Waals surface area (Å²) in [6.45, 7) is 13.5. The molecule has 0 aliphatic heterocycles. The first-order valence-electron chi connectivity index (χ1n) is 44.6. The van der Waals surface area contributed by atoms with Crippen molar-refractivity contribution in [2.75, 3.05) is 19.8 Å². The van der Waals surface area contributed by atoms with Crippen molar-refractivity contribution in [1.82, 2.24) is 0 Å². The Labute approximate surface area is 594 Å². The monoisotopic (exact) mass is 1320 g/mol. The smallest absolute Gasteiger partial charge is 0.203 e. The first-order valence-corrected chi connectivity index (χ1v) is 44.6. The molecule has 0 heterocycles. The van der Waals surface area contributed by atoms with Crippen molar-refractivity contribution in [2.45, 2.75) is 522 Å². The molecule has 1 radical (unpaired) electrons. The fourth-order valence-corrected chi connectivity index (χ4v) is 14.8. The van der Waals surface area contributed by atoms with Gasteiger partial charge in [-0.1, -0.05) is 502 Å². The van der Waals surface area contributed by atoms with E-state index in [0.717, 1.165) is 61.9 Å². The number of benzene rings is 1. The van der Waals surface area contributed by atoms with Crippen LogP contribution in [0.2, 0.25) is 0 Å². The van der Waals surface area contributed by atoms with Crippen molar-refractivity contribution >= 4 is 0 Å². The van der Waals surface area contributed by atoms with Gasteiger partial charge in [-0.2, -0.15) is 0 Å². The minimum absolute atomic E-state index is 0.724. The number of hydrogen-bond acceptors (Lipinski definition) is 3. The van der Waals surface area contributed by atoms with E-state index >= 15 is 0 Å². The van der Waals surface area contributed by atoms with Crippen molar-refractivity contribution < 1.29 is 14.2 Å². The van der Waals surface area contributed by atoms with Crippen LogP contribution in [0.4, 0.5) is 0 Å². The molecular formula is C91H175O3. The molecule has 0 saturated carbocycles. The van der Waals surface area contributed by atoms with Gasteiger partial charge in [-0.25, -0.2) is 0 Å². The summed E-state index contributed by atoms with van der Waals surface area (Å²) in [5.74, 6) is 2.49. The van der Waals surface area contributed by atoms with Crippen LogP contribution in [0.1, 0.15) is 527 Å². The van der Waals surface area contributed by atoms with Gasteiger partial charge in [-0.15, -0.1) is 0 Å². The van der Waals surface area contributed by atoms with Crippen molar-refractivity contribution in [3.05, 3.63) is 24.6 Å². The van der Waals surface area contributed by atoms with E-state index in [1.54, 1.807) is 0 Å². The molecule has 0 aliphatic rings. The fourth-order valence-electron chi connectivity index (χ4n) is 14.8. The zero-order valence-corrected chi connectivity index (χ0v) is 65.4. The molecule has 1 rings (SSSR count). The molecule has 1 aromatic carbocycles. The number of rotatable bonds is 84. The van der Waals surface area contributed by atoms with Gasteiger partial charge < -0.3 is 14.2 Å². The minimum Gasteiger partial charge on any atom is -0.490 e. The quantitative estimate of drug-likeness (QED) is 0.0609. The van der Waals surface area contributed by atoms with Crippen LogP contribution in [-0.4, -0.2) is 19.8 Å². The van der Waals surface area contributed by atoms with Crippen LogP contribution in [0, 0.1) is 6.92 Å². The predicted molar refractivity (Wildman–Crippen MR) is 425 cm³/mol. The Morgan fingerprint density at radius 3 is 0.426 bits per heavy atom. The first kappa shape index (κ1) is 90.6. The molecule has 557 valence electrons. The van der Waals surface area contributed by atoms with Crippen LogP contribution in [-0.2, 0) is 0 Å². The molecule has 94 heavy (non-hydrogen) atoms. The van der Waals surface area contributed by atoms with Crippen molar-refractivity contribution in [3.8, 4) is 17.2 Å². The summed E-state index contributed by atoms with van der Waals surface area (Å²) in [6.07, 6.45) is 111. The highest BCUT2D eigenvalue weighted by Gasteiger charge is 2.15. The molecular weight excluding hydrogens is 1140 g/mol.